The van der Waals surface area contributed by atoms with E-state index < -0.39 is 12.1 Å². The van der Waals surface area contributed by atoms with Gasteiger partial charge in [-0.25, -0.2) is 0 Å². The first kappa shape index (κ1) is 31.3. The van der Waals surface area contributed by atoms with Crippen molar-refractivity contribution in [3.8, 4) is 23.0 Å². The highest BCUT2D eigenvalue weighted by Crippen LogP contribution is 2.30. The fraction of sp³-hybridized carbons (Fsp3) is 0.471. The second kappa shape index (κ2) is 14.1. The van der Waals surface area contributed by atoms with Crippen molar-refractivity contribution in [3.63, 3.8) is 0 Å². The van der Waals surface area contributed by atoms with Crippen molar-refractivity contribution < 1.29 is 33.3 Å². The van der Waals surface area contributed by atoms with Gasteiger partial charge in [0.2, 0.25) is 11.8 Å². The van der Waals surface area contributed by atoms with Gasteiger partial charge in [-0.1, -0.05) is 6.07 Å². The number of aryl methyl sites for hydroxylation is 3. The van der Waals surface area contributed by atoms with Gasteiger partial charge >= 0.3 is 0 Å². The molecule has 244 valence electrons. The Hall–Kier alpha value is -4.74. The summed E-state index contributed by atoms with van der Waals surface area (Å²) >= 11 is 0. The third kappa shape index (κ3) is 7.21. The summed E-state index contributed by atoms with van der Waals surface area (Å²) in [6, 6.07) is 10.3. The molecule has 2 aromatic carbocycles. The van der Waals surface area contributed by atoms with Gasteiger partial charge in [0.15, 0.2) is 18.1 Å². The van der Waals surface area contributed by atoms with Crippen molar-refractivity contribution in [1.29, 1.82) is 0 Å². The van der Waals surface area contributed by atoms with Crippen molar-refractivity contribution in [1.82, 2.24) is 25.7 Å². The van der Waals surface area contributed by atoms with Gasteiger partial charge in [-0.2, -0.15) is 5.10 Å². The van der Waals surface area contributed by atoms with Crippen LogP contribution in [-0.4, -0.2) is 78.9 Å². The van der Waals surface area contributed by atoms with Crippen LogP contribution in [0.1, 0.15) is 53.8 Å². The lowest BCUT2D eigenvalue weighted by molar-refractivity contribution is -0.130. The van der Waals surface area contributed by atoms with Gasteiger partial charge in [-0.05, 0) is 67.5 Å². The van der Waals surface area contributed by atoms with Crippen LogP contribution in [0.3, 0.4) is 0 Å². The predicted molar refractivity (Wildman–Crippen MR) is 168 cm³/mol. The quantitative estimate of drug-likeness (QED) is 0.390. The van der Waals surface area contributed by atoms with Gasteiger partial charge in [0.25, 0.3) is 5.91 Å². The Kier molecular flexibility index (Phi) is 9.60. The van der Waals surface area contributed by atoms with E-state index in [4.69, 9.17) is 18.9 Å². The molecule has 1 saturated heterocycles. The van der Waals surface area contributed by atoms with E-state index in [-0.39, 0.29) is 30.7 Å². The average molecular weight is 632 g/mol. The average Bonchev–Trinajstić information content (AvgIpc) is 3.68. The summed E-state index contributed by atoms with van der Waals surface area (Å²) in [6.45, 7) is 0.649. The highest BCUT2D eigenvalue weighted by Gasteiger charge is 2.38. The van der Waals surface area contributed by atoms with Crippen LogP contribution in [-0.2, 0) is 46.6 Å². The van der Waals surface area contributed by atoms with Crippen LogP contribution in [0.15, 0.2) is 36.4 Å². The topological polar surface area (TPSA) is 144 Å². The summed E-state index contributed by atoms with van der Waals surface area (Å²) in [6.07, 6.45) is 5.47. The summed E-state index contributed by atoms with van der Waals surface area (Å²) in [5, 5.41) is 13.6. The number of nitrogens with one attached hydrogen (secondary N) is 3. The summed E-state index contributed by atoms with van der Waals surface area (Å²) < 4.78 is 23.3. The lowest BCUT2D eigenvalue weighted by atomic mass is 9.94. The number of ether oxygens (including phenoxy) is 4. The van der Waals surface area contributed by atoms with E-state index in [1.807, 2.05) is 24.3 Å². The number of H-pyrrole nitrogens is 1. The Balaban J connectivity index is 1.20. The number of likely N-dealkylation sites (tertiary alicyclic amines) is 1. The van der Waals surface area contributed by atoms with Gasteiger partial charge in [0.1, 0.15) is 17.6 Å². The van der Waals surface area contributed by atoms with Crippen molar-refractivity contribution >= 4 is 17.7 Å². The van der Waals surface area contributed by atoms with E-state index in [9.17, 15) is 14.4 Å². The molecule has 46 heavy (non-hydrogen) atoms. The first-order valence-electron chi connectivity index (χ1n) is 15.9. The maximum Gasteiger partial charge on any atom is 0.258 e. The Bertz CT molecular complexity index is 1590. The monoisotopic (exact) mass is 631 g/mol. The zero-order chi connectivity index (χ0) is 32.0. The second-order valence-corrected chi connectivity index (χ2v) is 12.0. The molecular formula is C34H41N5O7. The number of nitrogens with zero attached hydrogens (tertiary/aromatic N) is 2. The molecule has 0 unspecified atom stereocenters. The SMILES string of the molecule is COc1cc2ccc1CNC(=O)CCc1ccc(c(OC)c1)OCC(=O)N[C@@H]1CN(C(=O)CCc3n[nH]c4c3CCCC4)C[C@H]1O2. The predicted octanol–water partition coefficient (Wildman–Crippen LogP) is 2.65. The van der Waals surface area contributed by atoms with E-state index in [1.165, 1.54) is 18.4 Å². The molecule has 0 radical (unpaired) electrons. The Morgan fingerprint density at radius 3 is 2.67 bits per heavy atom. The number of amides is 3. The molecular weight excluding hydrogens is 590 g/mol. The van der Waals surface area contributed by atoms with Crippen LogP contribution in [0.4, 0.5) is 0 Å². The third-order valence-corrected chi connectivity index (χ3v) is 8.93. The largest absolute Gasteiger partial charge is 0.496 e. The van der Waals surface area contributed by atoms with Crippen LogP contribution < -0.4 is 29.6 Å². The van der Waals surface area contributed by atoms with Gasteiger partial charge < -0.3 is 34.5 Å². The van der Waals surface area contributed by atoms with Crippen LogP contribution in [0.25, 0.3) is 0 Å². The van der Waals surface area contributed by atoms with Crippen LogP contribution in [0.5, 0.6) is 23.0 Å². The number of aromatic amines is 1. The van der Waals surface area contributed by atoms with Crippen LogP contribution >= 0.6 is 0 Å². The minimum absolute atomic E-state index is 0.0202. The second-order valence-electron chi connectivity index (χ2n) is 12.0. The summed E-state index contributed by atoms with van der Waals surface area (Å²) in [5.74, 6) is 1.52. The van der Waals surface area contributed by atoms with Gasteiger partial charge in [0, 0.05) is 49.7 Å². The smallest absolute Gasteiger partial charge is 0.258 e. The molecule has 2 atom stereocenters. The van der Waals surface area contributed by atoms with Crippen molar-refractivity contribution in [2.75, 3.05) is 33.9 Å². The molecule has 12 nitrogen and oxygen atoms in total. The highest BCUT2D eigenvalue weighted by atomic mass is 16.5. The summed E-state index contributed by atoms with van der Waals surface area (Å²) in [5.41, 5.74) is 5.13. The van der Waals surface area contributed by atoms with Gasteiger partial charge in [-0.15, -0.1) is 0 Å². The molecule has 3 amide bonds. The lowest BCUT2D eigenvalue weighted by Gasteiger charge is -2.22. The Morgan fingerprint density at radius 2 is 1.83 bits per heavy atom. The van der Waals surface area contributed by atoms with E-state index in [0.29, 0.717) is 61.9 Å². The number of hydrogen-bond acceptors (Lipinski definition) is 8. The normalized spacial score (nSPS) is 20.1. The summed E-state index contributed by atoms with van der Waals surface area (Å²) in [7, 11) is 3.10. The van der Waals surface area contributed by atoms with Crippen molar-refractivity contribution in [2.45, 2.75) is 70.1 Å². The number of fused-ring (bicyclic) bond motifs is 1. The molecule has 5 aliphatic heterocycles. The third-order valence-electron chi connectivity index (χ3n) is 8.93. The fourth-order valence-corrected chi connectivity index (χ4v) is 6.41. The standard InChI is InChI=1S/C34H41N5O7/c1-43-29-16-23-10-9-22(29)17-35-32(40)13-8-21-7-12-28(30(15-21)44-2)45-20-33(41)36-27-18-39(19-31(27)46-23)34(42)14-11-26-24-5-3-4-6-25(24)37-38-26/h7,9-10,12,15-16,27,31H,3-6,8,11,13-14,17-20H2,1-2H3,(H,35,40)(H,36,41)(H,37,38)/t27-,31-/m1/s1. The number of methoxy groups -OCH3 is 2. The molecule has 3 N–H and O–H groups in total. The first-order valence-corrected chi connectivity index (χ1v) is 15.9. The zero-order valence-corrected chi connectivity index (χ0v) is 26.4. The minimum Gasteiger partial charge on any atom is -0.496 e. The van der Waals surface area contributed by atoms with E-state index >= 15 is 0 Å². The molecule has 1 fully saturated rings. The fourth-order valence-electron chi connectivity index (χ4n) is 6.41. The molecule has 6 aliphatic rings. The zero-order valence-electron chi connectivity index (χ0n) is 26.4. The molecule has 0 spiro atoms. The van der Waals surface area contributed by atoms with Crippen LogP contribution in [0.2, 0.25) is 0 Å². The molecule has 4 bridgehead atoms. The van der Waals surface area contributed by atoms with Crippen molar-refractivity contribution in [2.24, 2.45) is 0 Å². The van der Waals surface area contributed by atoms with E-state index in [1.54, 1.807) is 24.1 Å². The first-order chi connectivity index (χ1) is 22.4. The number of carbonyl (C=O) groups is 3. The molecule has 6 heterocycles. The van der Waals surface area contributed by atoms with Gasteiger partial charge in [0.05, 0.1) is 32.5 Å². The maximum atomic E-state index is 13.5. The number of aromatic nitrogens is 2. The van der Waals surface area contributed by atoms with E-state index in [0.717, 1.165) is 42.5 Å². The molecule has 0 saturated carbocycles. The number of hydrogen-bond donors (Lipinski definition) is 3. The number of benzene rings is 2. The number of carbonyl (C=O) groups excluding carboxylic acids is 3. The highest BCUT2D eigenvalue weighted by molar-refractivity contribution is 5.79. The molecule has 1 aliphatic carbocycles. The van der Waals surface area contributed by atoms with Gasteiger partial charge in [-0.3, -0.25) is 19.5 Å². The van der Waals surface area contributed by atoms with E-state index in [2.05, 4.69) is 20.8 Å². The molecule has 9 rings (SSSR count). The Labute approximate surface area is 268 Å². The Morgan fingerprint density at radius 1 is 0.978 bits per heavy atom. The van der Waals surface area contributed by atoms with Crippen molar-refractivity contribution in [3.05, 3.63) is 64.5 Å². The lowest BCUT2D eigenvalue weighted by Crippen LogP contribution is -2.46. The summed E-state index contributed by atoms with van der Waals surface area (Å²) in [4.78, 5) is 41.0. The molecule has 1 aromatic heterocycles. The molecule has 3 aromatic rings. The van der Waals surface area contributed by atoms with Crippen LogP contribution in [0, 0.1) is 0 Å². The molecule has 12 heteroatoms. The maximum absolute atomic E-state index is 13.5. The minimum atomic E-state index is -0.513. The number of rotatable bonds is 5.